The van der Waals surface area contributed by atoms with Gasteiger partial charge in [-0.05, 0) is 26.3 Å². The molecule has 2 atom stereocenters. The Bertz CT molecular complexity index is 1190. The van der Waals surface area contributed by atoms with Crippen LogP contribution < -0.4 is 10.7 Å². The molecule has 1 saturated carbocycles. The number of carbonyl (C=O) groups is 2. The number of nitrogens with one attached hydrogen (secondary N) is 1. The zero-order chi connectivity index (χ0) is 23.4. The predicted octanol–water partition coefficient (Wildman–Crippen LogP) is 2.27. The van der Waals surface area contributed by atoms with Gasteiger partial charge in [0.25, 0.3) is 11.8 Å². The van der Waals surface area contributed by atoms with Gasteiger partial charge in [0, 0.05) is 43.4 Å². The smallest absolute Gasteiger partial charge is 0.274 e. The highest BCUT2D eigenvalue weighted by molar-refractivity contribution is 6.30. The monoisotopic (exact) mass is 499 g/mol. The van der Waals surface area contributed by atoms with Gasteiger partial charge < -0.3 is 25.0 Å². The van der Waals surface area contributed by atoms with Gasteiger partial charge in [0.2, 0.25) is 5.43 Å². The van der Waals surface area contributed by atoms with Crippen molar-refractivity contribution in [3.05, 3.63) is 62.3 Å². The van der Waals surface area contributed by atoms with Gasteiger partial charge in [-0.2, -0.15) is 0 Å². The minimum absolute atomic E-state index is 0. The Labute approximate surface area is 200 Å². The molecule has 2 amide bonds. The lowest BCUT2D eigenvalue weighted by atomic mass is 10.0. The van der Waals surface area contributed by atoms with Crippen LogP contribution in [0.15, 0.2) is 29.2 Å². The Balaban J connectivity index is 0.00000306. The molecule has 1 aliphatic heterocycles. The molecule has 0 bridgehead atoms. The molecule has 2 heterocycles. The van der Waals surface area contributed by atoms with E-state index >= 15 is 0 Å². The molecule has 2 aromatic rings. The minimum atomic E-state index is -0.990. The molecule has 178 valence electrons. The van der Waals surface area contributed by atoms with Gasteiger partial charge in [0.05, 0.1) is 10.6 Å². The van der Waals surface area contributed by atoms with E-state index in [1.54, 1.807) is 4.90 Å². The van der Waals surface area contributed by atoms with Crippen LogP contribution in [0.4, 0.5) is 4.39 Å². The maximum atomic E-state index is 14.1. The number of benzene rings is 1. The van der Waals surface area contributed by atoms with Crippen LogP contribution in [0.5, 0.6) is 5.75 Å². The highest BCUT2D eigenvalue weighted by Crippen LogP contribution is 2.54. The van der Waals surface area contributed by atoms with E-state index in [2.05, 4.69) is 5.32 Å². The molecule has 3 N–H and O–H groups in total. The van der Waals surface area contributed by atoms with E-state index in [-0.39, 0.29) is 59.4 Å². The van der Waals surface area contributed by atoms with Crippen LogP contribution in [0.25, 0.3) is 0 Å². The lowest BCUT2D eigenvalue weighted by Crippen LogP contribution is -2.52. The number of hydrogen-bond acceptors (Lipinski definition) is 5. The number of amides is 2. The number of nitrogens with zero attached hydrogens (tertiary/aromatic N) is 2. The summed E-state index contributed by atoms with van der Waals surface area (Å²) >= 11 is 5.75. The third kappa shape index (κ3) is 3.98. The van der Waals surface area contributed by atoms with Crippen molar-refractivity contribution in [2.45, 2.75) is 38.4 Å². The second-order valence-electron chi connectivity index (χ2n) is 8.55. The van der Waals surface area contributed by atoms with E-state index in [0.717, 1.165) is 0 Å². The Hall–Kier alpha value is -2.62. The quantitative estimate of drug-likeness (QED) is 0.584. The molecular weight excluding hydrogens is 476 g/mol. The van der Waals surface area contributed by atoms with Gasteiger partial charge in [0.15, 0.2) is 11.4 Å². The normalized spacial score (nSPS) is 21.1. The molecule has 0 saturated heterocycles. The van der Waals surface area contributed by atoms with E-state index in [4.69, 9.17) is 11.6 Å². The second-order valence-corrected chi connectivity index (χ2v) is 8.96. The average Bonchev–Trinajstić information content (AvgIpc) is 3.47. The lowest BCUT2D eigenvalue weighted by molar-refractivity contribution is 0.0551. The molecule has 0 radical (unpaired) electrons. The molecule has 1 aliphatic carbocycles. The fourth-order valence-electron chi connectivity index (χ4n) is 4.36. The van der Waals surface area contributed by atoms with Crippen LogP contribution in [-0.2, 0) is 12.1 Å². The van der Waals surface area contributed by atoms with Gasteiger partial charge in [0.1, 0.15) is 11.4 Å². The van der Waals surface area contributed by atoms with Crippen molar-refractivity contribution in [1.82, 2.24) is 14.8 Å². The van der Waals surface area contributed by atoms with Crippen molar-refractivity contribution in [3.8, 4) is 5.75 Å². The largest absolute Gasteiger partial charge is 0.503 e. The second kappa shape index (κ2) is 8.96. The molecule has 1 aromatic carbocycles. The summed E-state index contributed by atoms with van der Waals surface area (Å²) in [6, 6.07) is 4.17. The molecule has 33 heavy (non-hydrogen) atoms. The van der Waals surface area contributed by atoms with Crippen LogP contribution in [0.1, 0.15) is 46.7 Å². The van der Waals surface area contributed by atoms with Crippen molar-refractivity contribution in [1.29, 1.82) is 0 Å². The van der Waals surface area contributed by atoms with Gasteiger partial charge in [-0.15, -0.1) is 12.4 Å². The van der Waals surface area contributed by atoms with Crippen LogP contribution in [0.2, 0.25) is 5.02 Å². The summed E-state index contributed by atoms with van der Waals surface area (Å²) < 4.78 is 15.6. The van der Waals surface area contributed by atoms with E-state index in [9.17, 15) is 29.0 Å². The Kier molecular flexibility index (Phi) is 6.79. The summed E-state index contributed by atoms with van der Waals surface area (Å²) in [7, 11) is 0. The van der Waals surface area contributed by atoms with Crippen LogP contribution in [-0.4, -0.2) is 50.7 Å². The summed E-state index contributed by atoms with van der Waals surface area (Å²) in [4.78, 5) is 40.1. The van der Waals surface area contributed by atoms with Crippen molar-refractivity contribution >= 4 is 35.8 Å². The van der Waals surface area contributed by atoms with E-state index in [0.29, 0.717) is 13.0 Å². The van der Waals surface area contributed by atoms with Crippen molar-refractivity contribution < 1.29 is 24.2 Å². The SMILES string of the molecule is CC(C)N1C[C@@]2(C[C@@H]2CO)n2cc(C(=O)NCc3cccc(Cl)c3F)c(=O)c(O)c2C1=O.Cl. The number of hydrogen-bond donors (Lipinski definition) is 3. The maximum Gasteiger partial charge on any atom is 0.274 e. The molecule has 1 fully saturated rings. The van der Waals surface area contributed by atoms with Gasteiger partial charge in [-0.25, -0.2) is 4.39 Å². The molecule has 11 heteroatoms. The number of carbonyl (C=O) groups excluding carboxylic acids is 2. The first-order valence-electron chi connectivity index (χ1n) is 10.2. The number of aliphatic hydroxyl groups is 1. The molecule has 0 unspecified atom stereocenters. The summed E-state index contributed by atoms with van der Waals surface area (Å²) in [5, 5.41) is 22.7. The molecule has 8 nitrogen and oxygen atoms in total. The summed E-state index contributed by atoms with van der Waals surface area (Å²) in [6.45, 7) is 3.57. The highest BCUT2D eigenvalue weighted by Gasteiger charge is 2.60. The number of aliphatic hydroxyl groups excluding tert-OH is 1. The van der Waals surface area contributed by atoms with E-state index in [1.165, 1.54) is 29.0 Å². The molecule has 1 aromatic heterocycles. The topological polar surface area (TPSA) is 112 Å². The van der Waals surface area contributed by atoms with Crippen molar-refractivity contribution in [2.75, 3.05) is 13.2 Å². The lowest BCUT2D eigenvalue weighted by Gasteiger charge is -2.39. The molecule has 4 rings (SSSR count). The zero-order valence-corrected chi connectivity index (χ0v) is 19.5. The van der Waals surface area contributed by atoms with Crippen molar-refractivity contribution in [3.63, 3.8) is 0 Å². The Morgan fingerprint density at radius 2 is 2.06 bits per heavy atom. The highest BCUT2D eigenvalue weighted by atomic mass is 35.5. The van der Waals surface area contributed by atoms with Gasteiger partial charge >= 0.3 is 0 Å². The summed E-state index contributed by atoms with van der Waals surface area (Å²) in [5.74, 6) is -3.02. The van der Waals surface area contributed by atoms with Crippen LogP contribution in [0, 0.1) is 11.7 Å². The van der Waals surface area contributed by atoms with Crippen LogP contribution >= 0.6 is 24.0 Å². The van der Waals surface area contributed by atoms with Gasteiger partial charge in [-0.1, -0.05) is 23.7 Å². The summed E-state index contributed by atoms with van der Waals surface area (Å²) in [6.07, 6.45) is 1.79. The number of aromatic hydroxyl groups is 1. The molecule has 1 spiro atoms. The van der Waals surface area contributed by atoms with E-state index < -0.39 is 34.3 Å². The first-order chi connectivity index (χ1) is 15.1. The first kappa shape index (κ1) is 25.0. The molecule has 2 aliphatic rings. The number of fused-ring (bicyclic) bond motifs is 2. The minimum Gasteiger partial charge on any atom is -0.503 e. The third-order valence-corrected chi connectivity index (χ3v) is 6.62. The van der Waals surface area contributed by atoms with Crippen molar-refractivity contribution in [2.24, 2.45) is 5.92 Å². The summed E-state index contributed by atoms with van der Waals surface area (Å²) in [5.41, 5.74) is -2.13. The number of rotatable bonds is 5. The standard InChI is InChI=1S/C22H23ClFN3O5.ClH/c1-11(2)26-10-22(6-13(22)9-28)27-8-14(18(29)19(30)17(27)21(26)32)20(31)25-7-12-4-3-5-15(23)16(12)24;/h3-5,8,11,13,28,30H,6-7,9-10H2,1-2H3,(H,25,31);1H/t13-,22-;/m1./s1. The zero-order valence-electron chi connectivity index (χ0n) is 18.0. The fourth-order valence-corrected chi connectivity index (χ4v) is 4.56. The van der Waals surface area contributed by atoms with E-state index in [1.807, 2.05) is 13.8 Å². The predicted molar refractivity (Wildman–Crippen MR) is 122 cm³/mol. The Morgan fingerprint density at radius 3 is 2.67 bits per heavy atom. The number of pyridine rings is 1. The maximum absolute atomic E-state index is 14.1. The van der Waals surface area contributed by atoms with Gasteiger partial charge in [-0.3, -0.25) is 14.4 Å². The van der Waals surface area contributed by atoms with Crippen LogP contribution in [0.3, 0.4) is 0 Å². The molecular formula is C22H24Cl2FN3O5. The Morgan fingerprint density at radius 1 is 1.36 bits per heavy atom. The number of aromatic nitrogens is 1. The third-order valence-electron chi connectivity index (χ3n) is 6.33. The first-order valence-corrected chi connectivity index (χ1v) is 10.6. The average molecular weight is 500 g/mol. The fraction of sp³-hybridized carbons (Fsp3) is 0.409. The number of halogens is 3.